The minimum absolute atomic E-state index is 0.0340. The molecule has 0 radical (unpaired) electrons. The fraction of sp³-hybridized carbons (Fsp3) is 0.500. The van der Waals surface area contributed by atoms with Gasteiger partial charge in [0.2, 0.25) is 5.91 Å². The maximum atomic E-state index is 12.0. The molecule has 1 aromatic carbocycles. The molecule has 116 valence electrons. The van der Waals surface area contributed by atoms with Crippen molar-refractivity contribution in [3.63, 3.8) is 0 Å². The molecule has 2 atom stereocenters. The van der Waals surface area contributed by atoms with Crippen molar-refractivity contribution < 1.29 is 19.4 Å². The van der Waals surface area contributed by atoms with Crippen molar-refractivity contribution in [3.8, 4) is 0 Å². The zero-order valence-electron chi connectivity index (χ0n) is 12.8. The van der Waals surface area contributed by atoms with Crippen LogP contribution in [0.25, 0.3) is 0 Å². The van der Waals surface area contributed by atoms with Gasteiger partial charge in [-0.1, -0.05) is 44.2 Å². The third-order valence-corrected chi connectivity index (χ3v) is 3.59. The lowest BCUT2D eigenvalue weighted by molar-refractivity contribution is -0.149. The Bertz CT molecular complexity index is 474. The number of hydrogen-bond acceptors (Lipinski definition) is 3. The van der Waals surface area contributed by atoms with Crippen LogP contribution in [0.15, 0.2) is 30.3 Å². The molecular weight excluding hydrogens is 270 g/mol. The van der Waals surface area contributed by atoms with Crippen molar-refractivity contribution in [1.82, 2.24) is 5.32 Å². The molecule has 1 rings (SSSR count). The number of hydrogen-bond donors (Lipinski definition) is 2. The second kappa shape index (κ2) is 7.78. The number of ether oxygens (including phenoxy) is 1. The van der Waals surface area contributed by atoms with Crippen LogP contribution in [0.1, 0.15) is 39.2 Å². The molecule has 0 aromatic heterocycles. The number of aliphatic carboxylic acids is 1. The molecule has 1 amide bonds. The molecule has 5 nitrogen and oxygen atoms in total. The summed E-state index contributed by atoms with van der Waals surface area (Å²) in [5.41, 5.74) is -0.867. The monoisotopic (exact) mass is 293 g/mol. The second-order valence-electron chi connectivity index (χ2n) is 5.01. The van der Waals surface area contributed by atoms with Crippen LogP contribution >= 0.6 is 0 Å². The number of carbonyl (C=O) groups excluding carboxylic acids is 1. The van der Waals surface area contributed by atoms with E-state index in [-0.39, 0.29) is 19.1 Å². The zero-order valence-corrected chi connectivity index (χ0v) is 12.8. The average Bonchev–Trinajstić information content (AvgIpc) is 2.50. The fourth-order valence-corrected chi connectivity index (χ4v) is 2.03. The smallest absolute Gasteiger partial charge is 0.334 e. The Morgan fingerprint density at radius 1 is 1.29 bits per heavy atom. The minimum atomic E-state index is -1.42. The Balaban J connectivity index is 2.90. The number of carboxylic acids is 1. The van der Waals surface area contributed by atoms with Crippen LogP contribution < -0.4 is 5.32 Å². The minimum Gasteiger partial charge on any atom is -0.479 e. The van der Waals surface area contributed by atoms with Gasteiger partial charge in [-0.15, -0.1) is 0 Å². The van der Waals surface area contributed by atoms with Gasteiger partial charge in [0.15, 0.2) is 5.54 Å². The number of amides is 1. The highest BCUT2D eigenvalue weighted by molar-refractivity contribution is 5.88. The lowest BCUT2D eigenvalue weighted by Crippen LogP contribution is -2.52. The molecule has 2 N–H and O–H groups in total. The molecule has 0 bridgehead atoms. The molecule has 2 unspecified atom stereocenters. The topological polar surface area (TPSA) is 75.6 Å². The van der Waals surface area contributed by atoms with Gasteiger partial charge in [0.1, 0.15) is 6.61 Å². The molecule has 1 aromatic rings. The van der Waals surface area contributed by atoms with Crippen molar-refractivity contribution in [2.75, 3.05) is 6.61 Å². The fourth-order valence-electron chi connectivity index (χ4n) is 2.03. The lowest BCUT2D eigenvalue weighted by atomic mass is 9.87. The molecule has 21 heavy (non-hydrogen) atoms. The van der Waals surface area contributed by atoms with E-state index in [0.717, 1.165) is 6.42 Å². The molecule has 0 aliphatic heterocycles. The van der Waals surface area contributed by atoms with Gasteiger partial charge < -0.3 is 15.2 Å². The summed E-state index contributed by atoms with van der Waals surface area (Å²) in [6, 6.07) is 8.72. The molecular formula is C16H23NO4. The molecule has 5 heteroatoms. The number of nitrogens with one attached hydrogen (secondary N) is 1. The first-order valence-electron chi connectivity index (χ1n) is 7.17. The quantitative estimate of drug-likeness (QED) is 0.771. The van der Waals surface area contributed by atoms with Gasteiger partial charge in [-0.2, -0.15) is 0 Å². The van der Waals surface area contributed by atoms with Gasteiger partial charge in [-0.05, 0) is 25.3 Å². The van der Waals surface area contributed by atoms with Gasteiger partial charge in [-0.3, -0.25) is 4.79 Å². The third-order valence-electron chi connectivity index (χ3n) is 3.59. The van der Waals surface area contributed by atoms with E-state index < -0.39 is 17.4 Å². The van der Waals surface area contributed by atoms with Crippen molar-refractivity contribution >= 4 is 11.9 Å². The van der Waals surface area contributed by atoms with E-state index in [9.17, 15) is 14.7 Å². The maximum absolute atomic E-state index is 12.0. The van der Waals surface area contributed by atoms with Crippen molar-refractivity contribution in [2.45, 2.75) is 45.3 Å². The highest BCUT2D eigenvalue weighted by atomic mass is 16.5. The summed E-state index contributed by atoms with van der Waals surface area (Å²) >= 11 is 0. The number of carbonyl (C=O) groups is 2. The van der Waals surface area contributed by atoms with Gasteiger partial charge in [0.25, 0.3) is 0 Å². The molecule has 0 heterocycles. The summed E-state index contributed by atoms with van der Waals surface area (Å²) in [7, 11) is 0. The Labute approximate surface area is 125 Å². The molecule has 0 saturated heterocycles. The number of rotatable bonds is 8. The third kappa shape index (κ3) is 4.29. The first kappa shape index (κ1) is 17.2. The van der Waals surface area contributed by atoms with Crippen LogP contribution in [0.2, 0.25) is 0 Å². The second-order valence-corrected chi connectivity index (χ2v) is 5.01. The SMILES string of the molecule is CCC(C)OCC(=O)NC(CC)(C(=O)O)c1ccccc1. The van der Waals surface area contributed by atoms with Crippen molar-refractivity contribution in [2.24, 2.45) is 0 Å². The first-order chi connectivity index (χ1) is 9.96. The van der Waals surface area contributed by atoms with Crippen LogP contribution in [-0.2, 0) is 19.9 Å². The Kier molecular flexibility index (Phi) is 6.37. The lowest BCUT2D eigenvalue weighted by Gasteiger charge is -2.30. The van der Waals surface area contributed by atoms with Crippen LogP contribution in [0.5, 0.6) is 0 Å². The summed E-state index contributed by atoms with van der Waals surface area (Å²) in [5.74, 6) is -1.50. The van der Waals surface area contributed by atoms with Gasteiger partial charge in [0, 0.05) is 0 Å². The number of benzene rings is 1. The predicted octanol–water partition coefficient (Wildman–Crippen LogP) is 2.31. The van der Waals surface area contributed by atoms with E-state index in [4.69, 9.17) is 4.74 Å². The van der Waals surface area contributed by atoms with Gasteiger partial charge >= 0.3 is 5.97 Å². The van der Waals surface area contributed by atoms with Crippen molar-refractivity contribution in [1.29, 1.82) is 0 Å². The molecule has 0 spiro atoms. The summed E-state index contributed by atoms with van der Waals surface area (Å²) < 4.78 is 5.35. The Morgan fingerprint density at radius 3 is 2.38 bits per heavy atom. The highest BCUT2D eigenvalue weighted by Gasteiger charge is 2.40. The van der Waals surface area contributed by atoms with E-state index in [1.54, 1.807) is 37.3 Å². The normalized spacial score (nSPS) is 15.0. The van der Waals surface area contributed by atoms with Gasteiger partial charge in [0.05, 0.1) is 6.10 Å². The molecule has 0 fully saturated rings. The highest BCUT2D eigenvalue weighted by Crippen LogP contribution is 2.25. The van der Waals surface area contributed by atoms with E-state index in [2.05, 4.69) is 5.32 Å². The van der Waals surface area contributed by atoms with Crippen LogP contribution in [-0.4, -0.2) is 29.7 Å². The average molecular weight is 293 g/mol. The number of carboxylic acid groups (broad SMARTS) is 1. The molecule has 0 aliphatic carbocycles. The van der Waals surface area contributed by atoms with E-state index in [1.807, 2.05) is 13.8 Å². The summed E-state index contributed by atoms with van der Waals surface area (Å²) in [4.78, 5) is 23.7. The molecule has 0 saturated carbocycles. The van der Waals surface area contributed by atoms with Crippen LogP contribution in [0, 0.1) is 0 Å². The summed E-state index contributed by atoms with van der Waals surface area (Å²) in [6.07, 6.45) is 1.01. The van der Waals surface area contributed by atoms with E-state index in [0.29, 0.717) is 5.56 Å². The maximum Gasteiger partial charge on any atom is 0.334 e. The Hall–Kier alpha value is -1.88. The van der Waals surface area contributed by atoms with Crippen molar-refractivity contribution in [3.05, 3.63) is 35.9 Å². The van der Waals surface area contributed by atoms with E-state index in [1.165, 1.54) is 0 Å². The predicted molar refractivity (Wildman–Crippen MR) is 79.9 cm³/mol. The van der Waals surface area contributed by atoms with E-state index >= 15 is 0 Å². The summed E-state index contributed by atoms with van der Waals surface area (Å²) in [5, 5.41) is 12.2. The van der Waals surface area contributed by atoms with Gasteiger partial charge in [-0.25, -0.2) is 4.79 Å². The zero-order chi connectivity index (χ0) is 15.9. The summed E-state index contributed by atoms with van der Waals surface area (Å²) in [6.45, 7) is 5.42. The van der Waals surface area contributed by atoms with Crippen LogP contribution in [0.3, 0.4) is 0 Å². The largest absolute Gasteiger partial charge is 0.479 e. The van der Waals surface area contributed by atoms with Crippen LogP contribution in [0.4, 0.5) is 0 Å². The molecule has 0 aliphatic rings. The standard InChI is InChI=1S/C16H23NO4/c1-4-12(3)21-11-14(18)17-16(5-2,15(19)20)13-9-7-6-8-10-13/h6-10,12H,4-5,11H2,1-3H3,(H,17,18)(H,19,20). The first-order valence-corrected chi connectivity index (χ1v) is 7.17. The Morgan fingerprint density at radius 2 is 1.90 bits per heavy atom.